The van der Waals surface area contributed by atoms with Gasteiger partial charge in [0.1, 0.15) is 11.2 Å². The molecule has 0 radical (unpaired) electrons. The minimum Gasteiger partial charge on any atom is -0.343 e. The number of pyridine rings is 1. The van der Waals surface area contributed by atoms with Crippen LogP contribution in [-0.2, 0) is 5.54 Å². The first-order valence-corrected chi connectivity index (χ1v) is 17.5. The number of carbonyl (C=O) groups excluding carboxylic acids is 1. The van der Waals surface area contributed by atoms with E-state index < -0.39 is 5.54 Å². The van der Waals surface area contributed by atoms with E-state index >= 15 is 0 Å². The molecule has 3 aromatic heterocycles. The highest BCUT2D eigenvalue weighted by Crippen LogP contribution is 2.44. The Morgan fingerprint density at radius 1 is 0.784 bits per heavy atom. The van der Waals surface area contributed by atoms with Gasteiger partial charge in [-0.3, -0.25) is 9.78 Å². The van der Waals surface area contributed by atoms with Gasteiger partial charge >= 0.3 is 0 Å². The van der Waals surface area contributed by atoms with Crippen LogP contribution in [-0.4, -0.2) is 30.6 Å². The Morgan fingerprint density at radius 3 is 2.02 bits per heavy atom. The van der Waals surface area contributed by atoms with Crippen molar-refractivity contribution in [2.75, 3.05) is 0 Å². The summed E-state index contributed by atoms with van der Waals surface area (Å²) in [7, 11) is 0. The van der Waals surface area contributed by atoms with Crippen molar-refractivity contribution < 1.29 is 4.79 Å². The minimum atomic E-state index is -0.842. The van der Waals surface area contributed by atoms with Crippen molar-refractivity contribution in [3.8, 4) is 11.3 Å². The summed E-state index contributed by atoms with van der Waals surface area (Å²) in [5.74, 6) is 0.672. The fourth-order valence-corrected chi connectivity index (χ4v) is 7.46. The average Bonchev–Trinajstić information content (AvgIpc) is 3.87. The lowest BCUT2D eigenvalue weighted by Crippen LogP contribution is -2.38. The summed E-state index contributed by atoms with van der Waals surface area (Å²) in [5.41, 5.74) is 8.88. The van der Waals surface area contributed by atoms with Gasteiger partial charge in [-0.1, -0.05) is 115 Å². The summed E-state index contributed by atoms with van der Waals surface area (Å²) in [4.78, 5) is 26.2. The van der Waals surface area contributed by atoms with E-state index in [9.17, 15) is 4.79 Å². The van der Waals surface area contributed by atoms with Crippen LogP contribution in [0, 0.1) is 0 Å². The number of H-pyrrole nitrogens is 1. The molecule has 1 aliphatic rings. The van der Waals surface area contributed by atoms with Crippen molar-refractivity contribution >= 4 is 27.8 Å². The zero-order valence-corrected chi connectivity index (χ0v) is 28.2. The van der Waals surface area contributed by atoms with Gasteiger partial charge in [-0.05, 0) is 77.8 Å². The van der Waals surface area contributed by atoms with Crippen molar-refractivity contribution in [1.82, 2.24) is 30.0 Å². The standard InChI is InChI=1S/C44H36N6O/c1-29(32-12-11-13-33(26-32)30-20-21-30)46-43(51)42-47-38-27-37-40(28-39(38)48-42)50(49-41(37)31-22-24-45-25-23-31)44(34-14-5-2-6-15-34,35-16-7-3-8-17-35)36-18-9-4-10-19-36/h2-19,22-30H,20-21H2,1H3,(H,46,51)(H,47,48)/t29-/m1/s1. The van der Waals surface area contributed by atoms with Gasteiger partial charge in [0.2, 0.25) is 0 Å². The summed E-state index contributed by atoms with van der Waals surface area (Å²) in [6.45, 7) is 2.02. The number of nitrogens with one attached hydrogen (secondary N) is 2. The molecular formula is C44H36N6O. The summed E-state index contributed by atoms with van der Waals surface area (Å²) in [5, 5.41) is 9.58. The number of aromatic nitrogens is 5. The normalized spacial score (nSPS) is 13.7. The van der Waals surface area contributed by atoms with Crippen LogP contribution in [0.3, 0.4) is 0 Å². The summed E-state index contributed by atoms with van der Waals surface area (Å²) in [6, 6.07) is 48.1. The number of aromatic amines is 1. The summed E-state index contributed by atoms with van der Waals surface area (Å²) in [6.07, 6.45) is 6.05. The summed E-state index contributed by atoms with van der Waals surface area (Å²) >= 11 is 0. The molecule has 3 heterocycles. The van der Waals surface area contributed by atoms with E-state index in [0.717, 1.165) is 49.9 Å². The number of nitrogens with zero attached hydrogens (tertiary/aromatic N) is 4. The summed E-state index contributed by atoms with van der Waals surface area (Å²) < 4.78 is 2.15. The van der Waals surface area contributed by atoms with Gasteiger partial charge < -0.3 is 10.3 Å². The molecule has 9 rings (SSSR count). The van der Waals surface area contributed by atoms with Gasteiger partial charge in [-0.15, -0.1) is 0 Å². The van der Waals surface area contributed by atoms with Crippen LogP contribution in [0.1, 0.15) is 70.2 Å². The molecule has 7 heteroatoms. The Bertz CT molecular complexity index is 2390. The second kappa shape index (κ2) is 12.5. The minimum absolute atomic E-state index is 0.168. The monoisotopic (exact) mass is 664 g/mol. The highest BCUT2D eigenvalue weighted by Gasteiger charge is 2.41. The number of carbonyl (C=O) groups is 1. The second-order valence-electron chi connectivity index (χ2n) is 13.4. The highest BCUT2D eigenvalue weighted by atomic mass is 16.2. The van der Waals surface area contributed by atoms with E-state index in [1.54, 1.807) is 12.4 Å². The number of fused-ring (bicyclic) bond motifs is 2. The molecule has 1 aliphatic carbocycles. The van der Waals surface area contributed by atoms with Gasteiger partial charge in [-0.2, -0.15) is 5.10 Å². The maximum Gasteiger partial charge on any atom is 0.287 e. The van der Waals surface area contributed by atoms with E-state index in [0.29, 0.717) is 11.4 Å². The first kappa shape index (κ1) is 30.7. The average molecular weight is 665 g/mol. The van der Waals surface area contributed by atoms with Gasteiger partial charge in [0.05, 0.1) is 22.6 Å². The van der Waals surface area contributed by atoms with Gasteiger partial charge in [0.15, 0.2) is 5.82 Å². The molecule has 8 aromatic rings. The van der Waals surface area contributed by atoms with Crippen molar-refractivity contribution in [2.45, 2.75) is 37.3 Å². The molecule has 1 saturated carbocycles. The third kappa shape index (κ3) is 5.38. The zero-order chi connectivity index (χ0) is 34.4. The molecule has 5 aromatic carbocycles. The molecule has 0 saturated heterocycles. The van der Waals surface area contributed by atoms with Crippen LogP contribution in [0.2, 0.25) is 0 Å². The third-order valence-electron chi connectivity index (χ3n) is 10.2. The molecule has 1 atom stereocenters. The quantitative estimate of drug-likeness (QED) is 0.151. The van der Waals surface area contributed by atoms with Crippen LogP contribution in [0.25, 0.3) is 33.2 Å². The zero-order valence-electron chi connectivity index (χ0n) is 28.2. The lowest BCUT2D eigenvalue weighted by atomic mass is 9.77. The fraction of sp³-hybridized carbons (Fsp3) is 0.136. The Kier molecular flexibility index (Phi) is 7.54. The predicted octanol–water partition coefficient (Wildman–Crippen LogP) is 9.18. The first-order valence-electron chi connectivity index (χ1n) is 17.5. The van der Waals surface area contributed by atoms with E-state index in [1.807, 2.05) is 43.3 Å². The molecule has 51 heavy (non-hydrogen) atoms. The van der Waals surface area contributed by atoms with Crippen molar-refractivity contribution in [3.05, 3.63) is 186 Å². The number of imidazole rings is 1. The lowest BCUT2D eigenvalue weighted by molar-refractivity contribution is 0.0930. The molecule has 7 nitrogen and oxygen atoms in total. The fourth-order valence-electron chi connectivity index (χ4n) is 7.46. The van der Waals surface area contributed by atoms with Crippen molar-refractivity contribution in [1.29, 1.82) is 0 Å². The largest absolute Gasteiger partial charge is 0.343 e. The van der Waals surface area contributed by atoms with Crippen LogP contribution < -0.4 is 5.32 Å². The number of rotatable bonds is 9. The van der Waals surface area contributed by atoms with Gasteiger partial charge in [-0.25, -0.2) is 9.67 Å². The Balaban J connectivity index is 1.24. The Morgan fingerprint density at radius 2 is 1.41 bits per heavy atom. The van der Waals surface area contributed by atoms with Crippen LogP contribution in [0.5, 0.6) is 0 Å². The van der Waals surface area contributed by atoms with E-state index in [4.69, 9.17) is 10.1 Å². The number of hydrogen-bond acceptors (Lipinski definition) is 4. The third-order valence-corrected chi connectivity index (χ3v) is 10.2. The maximum absolute atomic E-state index is 13.7. The van der Waals surface area contributed by atoms with Crippen molar-refractivity contribution in [2.24, 2.45) is 0 Å². The van der Waals surface area contributed by atoms with Crippen molar-refractivity contribution in [3.63, 3.8) is 0 Å². The molecule has 2 N–H and O–H groups in total. The SMILES string of the molecule is C[C@@H](NC(=O)c1nc2cc3c(-c4ccncc4)nn(C(c4ccccc4)(c4ccccc4)c4ccccc4)c3cc2[nH]1)c1cccc(C2CC2)c1. The number of amides is 1. The molecule has 248 valence electrons. The molecule has 1 amide bonds. The van der Waals surface area contributed by atoms with E-state index in [-0.39, 0.29) is 17.8 Å². The van der Waals surface area contributed by atoms with E-state index in [1.165, 1.54) is 18.4 Å². The molecule has 0 unspecified atom stereocenters. The molecular weight excluding hydrogens is 629 g/mol. The molecule has 0 spiro atoms. The van der Waals surface area contributed by atoms with Gasteiger partial charge in [0, 0.05) is 23.3 Å². The molecule has 1 fully saturated rings. The number of benzene rings is 5. The smallest absolute Gasteiger partial charge is 0.287 e. The van der Waals surface area contributed by atoms with E-state index in [2.05, 4.69) is 123 Å². The highest BCUT2D eigenvalue weighted by molar-refractivity contribution is 6.03. The Hall–Kier alpha value is -6.34. The van der Waals surface area contributed by atoms with Crippen LogP contribution in [0.4, 0.5) is 0 Å². The topological polar surface area (TPSA) is 88.5 Å². The Labute approximate surface area is 296 Å². The lowest BCUT2D eigenvalue weighted by Gasteiger charge is -2.37. The van der Waals surface area contributed by atoms with Crippen LogP contribution >= 0.6 is 0 Å². The first-order chi connectivity index (χ1) is 25.1. The predicted molar refractivity (Wildman–Crippen MR) is 202 cm³/mol. The molecule has 0 aliphatic heterocycles. The number of hydrogen-bond donors (Lipinski definition) is 2. The second-order valence-corrected chi connectivity index (χ2v) is 13.4. The van der Waals surface area contributed by atoms with Crippen LogP contribution in [0.15, 0.2) is 152 Å². The molecule has 0 bridgehead atoms. The maximum atomic E-state index is 13.7. The van der Waals surface area contributed by atoms with Gasteiger partial charge in [0.25, 0.3) is 5.91 Å².